The van der Waals surface area contributed by atoms with Crippen molar-refractivity contribution in [3.63, 3.8) is 0 Å². The molecular formula is C15H19ClN-. The summed E-state index contributed by atoms with van der Waals surface area (Å²) in [6.07, 6.45) is 5.66. The lowest BCUT2D eigenvalue weighted by molar-refractivity contribution is -0.00000333. The number of hydrogen-bond acceptors (Lipinski definition) is 1. The van der Waals surface area contributed by atoms with Gasteiger partial charge in [0.1, 0.15) is 0 Å². The van der Waals surface area contributed by atoms with Crippen LogP contribution in [0.4, 0.5) is 0 Å². The van der Waals surface area contributed by atoms with Crippen molar-refractivity contribution < 1.29 is 12.4 Å². The Labute approximate surface area is 110 Å². The van der Waals surface area contributed by atoms with Gasteiger partial charge < -0.3 is 17.3 Å². The first-order valence-electron chi connectivity index (χ1n) is 5.86. The molecule has 0 aliphatic carbocycles. The van der Waals surface area contributed by atoms with Crippen LogP contribution >= 0.6 is 0 Å². The van der Waals surface area contributed by atoms with Gasteiger partial charge in [0, 0.05) is 13.1 Å². The molecule has 0 unspecified atom stereocenters. The Balaban J connectivity index is 0.00000144. The van der Waals surface area contributed by atoms with Crippen molar-refractivity contribution in [1.29, 1.82) is 0 Å². The SMILES string of the molecule is CC1=C(/C=C/c2ccccc2)CCN(C)C1.[Cl-]. The monoisotopic (exact) mass is 248 g/mol. The Morgan fingerprint density at radius 1 is 1.12 bits per heavy atom. The van der Waals surface area contributed by atoms with Crippen LogP contribution in [-0.2, 0) is 0 Å². The second-order valence-electron chi connectivity index (χ2n) is 4.54. The first-order valence-corrected chi connectivity index (χ1v) is 5.86. The quantitative estimate of drug-likeness (QED) is 0.731. The minimum Gasteiger partial charge on any atom is -1.00 e. The predicted octanol–water partition coefficient (Wildman–Crippen LogP) is 0.356. The molecule has 1 heterocycles. The molecule has 92 valence electrons. The fourth-order valence-electron chi connectivity index (χ4n) is 2.10. The van der Waals surface area contributed by atoms with Crippen molar-refractivity contribution in [3.05, 3.63) is 53.1 Å². The Kier molecular flexibility index (Phi) is 5.46. The Morgan fingerprint density at radius 2 is 1.82 bits per heavy atom. The molecule has 1 nitrogen and oxygen atoms in total. The van der Waals surface area contributed by atoms with Crippen LogP contribution in [0, 0.1) is 0 Å². The maximum Gasteiger partial charge on any atom is 0.0193 e. The van der Waals surface area contributed by atoms with Crippen LogP contribution in [0.15, 0.2) is 47.6 Å². The van der Waals surface area contributed by atoms with E-state index in [2.05, 4.69) is 61.4 Å². The van der Waals surface area contributed by atoms with Crippen LogP contribution in [-0.4, -0.2) is 25.0 Å². The summed E-state index contributed by atoms with van der Waals surface area (Å²) in [5, 5.41) is 0. The Hall–Kier alpha value is -1.05. The minimum atomic E-state index is 0. The number of allylic oxidation sites excluding steroid dienone is 1. The first-order chi connectivity index (χ1) is 7.75. The van der Waals surface area contributed by atoms with Crippen molar-refractivity contribution in [3.8, 4) is 0 Å². The standard InChI is InChI=1S/C15H19N.ClH/c1-13-12-16(2)11-10-15(13)9-8-14-6-4-3-5-7-14;/h3-9H,10-12H2,1-2H3;1H/p-1/b9-8+;. The van der Waals surface area contributed by atoms with Gasteiger partial charge in [0.2, 0.25) is 0 Å². The highest BCUT2D eigenvalue weighted by Crippen LogP contribution is 2.18. The second-order valence-corrected chi connectivity index (χ2v) is 4.54. The van der Waals surface area contributed by atoms with Gasteiger partial charge in [-0.15, -0.1) is 0 Å². The zero-order chi connectivity index (χ0) is 11.4. The van der Waals surface area contributed by atoms with E-state index >= 15 is 0 Å². The molecule has 1 aromatic rings. The van der Waals surface area contributed by atoms with E-state index in [1.54, 1.807) is 0 Å². The van der Waals surface area contributed by atoms with Crippen LogP contribution in [0.3, 0.4) is 0 Å². The number of likely N-dealkylation sites (N-methyl/N-ethyl adjacent to an activating group) is 1. The lowest BCUT2D eigenvalue weighted by Crippen LogP contribution is -3.00. The molecule has 0 bridgehead atoms. The van der Waals surface area contributed by atoms with Crippen LogP contribution in [0.2, 0.25) is 0 Å². The summed E-state index contributed by atoms with van der Waals surface area (Å²) < 4.78 is 0. The zero-order valence-corrected chi connectivity index (χ0v) is 11.2. The van der Waals surface area contributed by atoms with Crippen LogP contribution in [0.5, 0.6) is 0 Å². The molecular weight excluding hydrogens is 230 g/mol. The molecule has 0 fully saturated rings. The molecule has 0 saturated carbocycles. The largest absolute Gasteiger partial charge is 1.00 e. The third kappa shape index (κ3) is 4.03. The molecule has 0 saturated heterocycles. The molecule has 1 aliphatic rings. The van der Waals surface area contributed by atoms with E-state index in [1.165, 1.54) is 29.7 Å². The summed E-state index contributed by atoms with van der Waals surface area (Å²) in [6.45, 7) is 4.51. The summed E-state index contributed by atoms with van der Waals surface area (Å²) in [6, 6.07) is 10.5. The summed E-state index contributed by atoms with van der Waals surface area (Å²) in [5.74, 6) is 0. The van der Waals surface area contributed by atoms with Gasteiger partial charge in [-0.05, 0) is 31.5 Å². The fourth-order valence-corrected chi connectivity index (χ4v) is 2.10. The van der Waals surface area contributed by atoms with Gasteiger partial charge in [0.05, 0.1) is 0 Å². The normalized spacial score (nSPS) is 17.3. The van der Waals surface area contributed by atoms with Crippen molar-refractivity contribution in [2.24, 2.45) is 0 Å². The molecule has 0 radical (unpaired) electrons. The van der Waals surface area contributed by atoms with Crippen molar-refractivity contribution in [2.75, 3.05) is 20.1 Å². The van der Waals surface area contributed by atoms with Gasteiger partial charge in [0.15, 0.2) is 0 Å². The van der Waals surface area contributed by atoms with Crippen molar-refractivity contribution >= 4 is 6.08 Å². The number of rotatable bonds is 2. The average Bonchev–Trinajstić information content (AvgIpc) is 2.29. The zero-order valence-electron chi connectivity index (χ0n) is 10.5. The van der Waals surface area contributed by atoms with Gasteiger partial charge in [-0.1, -0.05) is 48.1 Å². The highest BCUT2D eigenvalue weighted by Gasteiger charge is 2.10. The number of benzene rings is 1. The third-order valence-electron chi connectivity index (χ3n) is 3.09. The highest BCUT2D eigenvalue weighted by molar-refractivity contribution is 5.53. The molecule has 0 N–H and O–H groups in total. The molecule has 0 aromatic heterocycles. The molecule has 2 heteroatoms. The maximum absolute atomic E-state index is 2.37. The second kappa shape index (κ2) is 6.63. The average molecular weight is 249 g/mol. The van der Waals surface area contributed by atoms with Crippen LogP contribution in [0.1, 0.15) is 18.9 Å². The molecule has 0 spiro atoms. The van der Waals surface area contributed by atoms with E-state index in [1.807, 2.05) is 0 Å². The lowest BCUT2D eigenvalue weighted by Gasteiger charge is -2.24. The topological polar surface area (TPSA) is 3.24 Å². The number of nitrogens with zero attached hydrogens (tertiary/aromatic N) is 1. The van der Waals surface area contributed by atoms with E-state index in [-0.39, 0.29) is 12.4 Å². The summed E-state index contributed by atoms with van der Waals surface area (Å²) in [7, 11) is 2.18. The van der Waals surface area contributed by atoms with E-state index in [9.17, 15) is 0 Å². The van der Waals surface area contributed by atoms with Gasteiger partial charge in [-0.3, -0.25) is 0 Å². The molecule has 0 atom stereocenters. The van der Waals surface area contributed by atoms with Crippen LogP contribution < -0.4 is 12.4 Å². The fraction of sp³-hybridized carbons (Fsp3) is 0.333. The molecule has 0 amide bonds. The Bertz CT molecular complexity index is 406. The van der Waals surface area contributed by atoms with Gasteiger partial charge in [0.25, 0.3) is 0 Å². The smallest absolute Gasteiger partial charge is 0.0193 e. The number of halogens is 1. The molecule has 2 rings (SSSR count). The van der Waals surface area contributed by atoms with E-state index < -0.39 is 0 Å². The van der Waals surface area contributed by atoms with Crippen molar-refractivity contribution in [1.82, 2.24) is 4.90 Å². The van der Waals surface area contributed by atoms with E-state index in [0.29, 0.717) is 0 Å². The van der Waals surface area contributed by atoms with E-state index in [0.717, 1.165) is 6.54 Å². The van der Waals surface area contributed by atoms with Gasteiger partial charge in [-0.2, -0.15) is 0 Å². The lowest BCUT2D eigenvalue weighted by atomic mass is 10.0. The summed E-state index contributed by atoms with van der Waals surface area (Å²) in [4.78, 5) is 2.37. The number of hydrogen-bond donors (Lipinski definition) is 0. The molecule has 1 aliphatic heterocycles. The predicted molar refractivity (Wildman–Crippen MR) is 70.3 cm³/mol. The highest BCUT2D eigenvalue weighted by atomic mass is 35.5. The summed E-state index contributed by atoms with van der Waals surface area (Å²) in [5.41, 5.74) is 4.28. The van der Waals surface area contributed by atoms with Crippen molar-refractivity contribution in [2.45, 2.75) is 13.3 Å². The molecule has 1 aromatic carbocycles. The summed E-state index contributed by atoms with van der Waals surface area (Å²) >= 11 is 0. The van der Waals surface area contributed by atoms with Gasteiger partial charge >= 0.3 is 0 Å². The van der Waals surface area contributed by atoms with Gasteiger partial charge in [-0.25, -0.2) is 0 Å². The first kappa shape index (κ1) is 14.0. The minimum absolute atomic E-state index is 0. The van der Waals surface area contributed by atoms with Crippen LogP contribution in [0.25, 0.3) is 6.08 Å². The maximum atomic E-state index is 2.37. The third-order valence-corrected chi connectivity index (χ3v) is 3.09. The van der Waals surface area contributed by atoms with E-state index in [4.69, 9.17) is 0 Å². The molecule has 17 heavy (non-hydrogen) atoms. The Morgan fingerprint density at radius 3 is 2.47 bits per heavy atom.